The van der Waals surface area contributed by atoms with Gasteiger partial charge in [-0.05, 0) is 20.8 Å². The summed E-state index contributed by atoms with van der Waals surface area (Å²) < 4.78 is 5.10. The first-order valence-electron chi connectivity index (χ1n) is 6.09. The second-order valence-electron chi connectivity index (χ2n) is 5.27. The van der Waals surface area contributed by atoms with Crippen LogP contribution in [0.4, 0.5) is 10.5 Å². The second-order valence-corrected chi connectivity index (χ2v) is 5.27. The average molecular weight is 285 g/mol. The zero-order chi connectivity index (χ0) is 15.3. The molecule has 1 heterocycles. The van der Waals surface area contributed by atoms with E-state index in [0.717, 1.165) is 6.20 Å². The Morgan fingerprint density at radius 2 is 2.30 bits per heavy atom. The van der Waals surface area contributed by atoms with Crippen molar-refractivity contribution in [1.82, 2.24) is 15.5 Å². The Balaban J connectivity index is 2.66. The van der Waals surface area contributed by atoms with Crippen molar-refractivity contribution >= 4 is 11.8 Å². The van der Waals surface area contributed by atoms with Crippen molar-refractivity contribution in [2.75, 3.05) is 6.54 Å². The summed E-state index contributed by atoms with van der Waals surface area (Å²) in [6, 6.07) is -0.482. The summed E-state index contributed by atoms with van der Waals surface area (Å²) >= 11 is 0. The van der Waals surface area contributed by atoms with Crippen LogP contribution in [0.25, 0.3) is 0 Å². The second kappa shape index (κ2) is 6.33. The van der Waals surface area contributed by atoms with Gasteiger partial charge in [0.2, 0.25) is 0 Å². The van der Waals surface area contributed by atoms with Crippen molar-refractivity contribution in [2.24, 2.45) is 5.73 Å². The maximum absolute atomic E-state index is 11.6. The van der Waals surface area contributed by atoms with E-state index in [1.807, 2.05) is 0 Å². The molecule has 1 aromatic heterocycles. The van der Waals surface area contributed by atoms with Crippen LogP contribution in [0.5, 0.6) is 0 Å². The largest absolute Gasteiger partial charge is 0.444 e. The number of rotatable bonds is 5. The maximum atomic E-state index is 11.6. The van der Waals surface area contributed by atoms with Gasteiger partial charge in [0.1, 0.15) is 17.5 Å². The van der Waals surface area contributed by atoms with Crippen LogP contribution >= 0.6 is 0 Å². The van der Waals surface area contributed by atoms with Crippen LogP contribution in [0.15, 0.2) is 6.20 Å². The van der Waals surface area contributed by atoms with E-state index >= 15 is 0 Å². The molecule has 0 aliphatic rings. The van der Waals surface area contributed by atoms with E-state index < -0.39 is 22.7 Å². The van der Waals surface area contributed by atoms with Gasteiger partial charge in [0.15, 0.2) is 0 Å². The van der Waals surface area contributed by atoms with Crippen LogP contribution < -0.4 is 11.1 Å². The van der Waals surface area contributed by atoms with Gasteiger partial charge in [-0.2, -0.15) is 5.10 Å². The van der Waals surface area contributed by atoms with Crippen molar-refractivity contribution in [3.05, 3.63) is 22.0 Å². The van der Waals surface area contributed by atoms with Gasteiger partial charge in [0.25, 0.3) is 0 Å². The molecule has 1 amide bonds. The minimum absolute atomic E-state index is 0.120. The van der Waals surface area contributed by atoms with Crippen molar-refractivity contribution in [2.45, 2.75) is 38.8 Å². The van der Waals surface area contributed by atoms with Gasteiger partial charge in [-0.25, -0.2) is 4.79 Å². The highest BCUT2D eigenvalue weighted by molar-refractivity contribution is 5.68. The SMILES string of the molecule is CC(C)(C)OC(=O)NC(CN)Cc1[nH]ncc1[N+](=O)[O-]. The molecule has 1 unspecified atom stereocenters. The highest BCUT2D eigenvalue weighted by Gasteiger charge is 2.23. The number of carbonyl (C=O) groups is 1. The Kier molecular flexibility index (Phi) is 5.03. The Morgan fingerprint density at radius 1 is 1.65 bits per heavy atom. The lowest BCUT2D eigenvalue weighted by Gasteiger charge is -2.22. The molecule has 0 saturated carbocycles. The summed E-state index contributed by atoms with van der Waals surface area (Å²) in [5.74, 6) is 0. The molecule has 0 aliphatic carbocycles. The van der Waals surface area contributed by atoms with E-state index in [4.69, 9.17) is 10.5 Å². The minimum Gasteiger partial charge on any atom is -0.444 e. The van der Waals surface area contributed by atoms with Crippen LogP contribution in [0.2, 0.25) is 0 Å². The van der Waals surface area contributed by atoms with Crippen LogP contribution in [-0.4, -0.2) is 39.4 Å². The number of nitrogens with zero attached hydrogens (tertiary/aromatic N) is 2. The van der Waals surface area contributed by atoms with Gasteiger partial charge in [-0.15, -0.1) is 0 Å². The molecule has 20 heavy (non-hydrogen) atoms. The number of nitrogens with one attached hydrogen (secondary N) is 2. The third-order valence-corrected chi connectivity index (χ3v) is 2.35. The highest BCUT2D eigenvalue weighted by Crippen LogP contribution is 2.16. The molecule has 0 spiro atoms. The minimum atomic E-state index is -0.622. The van der Waals surface area contributed by atoms with Crippen molar-refractivity contribution < 1.29 is 14.5 Å². The van der Waals surface area contributed by atoms with Crippen molar-refractivity contribution in [3.63, 3.8) is 0 Å². The number of ether oxygens (including phenoxy) is 1. The number of carbonyl (C=O) groups excluding carboxylic acids is 1. The van der Waals surface area contributed by atoms with Gasteiger partial charge in [-0.1, -0.05) is 0 Å². The molecule has 9 nitrogen and oxygen atoms in total. The summed E-state index contributed by atoms with van der Waals surface area (Å²) in [5, 5.41) is 19.5. The molecule has 9 heteroatoms. The summed E-state index contributed by atoms with van der Waals surface area (Å²) in [5.41, 5.74) is 5.11. The lowest BCUT2D eigenvalue weighted by molar-refractivity contribution is -0.385. The number of alkyl carbamates (subject to hydrolysis) is 1. The quantitative estimate of drug-likeness (QED) is 0.538. The third-order valence-electron chi connectivity index (χ3n) is 2.35. The molecular formula is C11H19N5O4. The molecule has 112 valence electrons. The van der Waals surface area contributed by atoms with E-state index in [0.29, 0.717) is 5.69 Å². The first kappa shape index (κ1) is 15.9. The van der Waals surface area contributed by atoms with Gasteiger partial charge < -0.3 is 15.8 Å². The summed E-state index contributed by atoms with van der Waals surface area (Å²) in [6.07, 6.45) is 0.678. The zero-order valence-corrected chi connectivity index (χ0v) is 11.7. The van der Waals surface area contributed by atoms with E-state index in [-0.39, 0.29) is 18.7 Å². The van der Waals surface area contributed by atoms with Crippen LogP contribution in [0.3, 0.4) is 0 Å². The van der Waals surface area contributed by atoms with E-state index in [9.17, 15) is 14.9 Å². The molecule has 0 aliphatic heterocycles. The lowest BCUT2D eigenvalue weighted by atomic mass is 10.1. The van der Waals surface area contributed by atoms with Crippen LogP contribution in [0.1, 0.15) is 26.5 Å². The Bertz CT molecular complexity index is 479. The number of aromatic nitrogens is 2. The van der Waals surface area contributed by atoms with Gasteiger partial charge in [0.05, 0.1) is 11.0 Å². The fourth-order valence-electron chi connectivity index (χ4n) is 1.53. The van der Waals surface area contributed by atoms with Gasteiger partial charge in [-0.3, -0.25) is 15.2 Å². The molecular weight excluding hydrogens is 266 g/mol. The Hall–Kier alpha value is -2.16. The highest BCUT2D eigenvalue weighted by atomic mass is 16.6. The van der Waals surface area contributed by atoms with Crippen molar-refractivity contribution in [3.8, 4) is 0 Å². The first-order chi connectivity index (χ1) is 9.23. The average Bonchev–Trinajstić information content (AvgIpc) is 2.73. The third kappa shape index (κ3) is 4.84. The lowest BCUT2D eigenvalue weighted by Crippen LogP contribution is -2.44. The molecule has 0 fully saturated rings. The van der Waals surface area contributed by atoms with Crippen LogP contribution in [0, 0.1) is 10.1 Å². The summed E-state index contributed by atoms with van der Waals surface area (Å²) in [4.78, 5) is 21.8. The molecule has 0 aromatic carbocycles. The summed E-state index contributed by atoms with van der Waals surface area (Å²) in [7, 11) is 0. The number of nitro groups is 1. The molecule has 0 bridgehead atoms. The van der Waals surface area contributed by atoms with Gasteiger partial charge >= 0.3 is 11.8 Å². The molecule has 1 atom stereocenters. The predicted molar refractivity (Wildman–Crippen MR) is 71.2 cm³/mol. The van der Waals surface area contributed by atoms with Gasteiger partial charge in [0, 0.05) is 13.0 Å². The molecule has 0 saturated heterocycles. The molecule has 1 rings (SSSR count). The number of amides is 1. The van der Waals surface area contributed by atoms with E-state index in [1.165, 1.54) is 0 Å². The van der Waals surface area contributed by atoms with Crippen molar-refractivity contribution in [1.29, 1.82) is 0 Å². The number of hydrogen-bond donors (Lipinski definition) is 3. The monoisotopic (exact) mass is 285 g/mol. The molecule has 0 radical (unpaired) electrons. The Morgan fingerprint density at radius 3 is 2.80 bits per heavy atom. The number of nitrogens with two attached hydrogens (primary N) is 1. The zero-order valence-electron chi connectivity index (χ0n) is 11.7. The van der Waals surface area contributed by atoms with E-state index in [1.54, 1.807) is 20.8 Å². The topological polar surface area (TPSA) is 136 Å². The first-order valence-corrected chi connectivity index (χ1v) is 6.09. The standard InChI is InChI=1S/C11H19N5O4/c1-11(2,3)20-10(17)14-7(5-12)4-8-9(16(18)19)6-13-15-8/h6-7H,4-5,12H2,1-3H3,(H,13,15)(H,14,17). The smallest absolute Gasteiger partial charge is 0.407 e. The number of aromatic amines is 1. The Labute approximate surface area is 116 Å². The normalized spacial score (nSPS) is 12.8. The fraction of sp³-hybridized carbons (Fsp3) is 0.636. The number of H-pyrrole nitrogens is 1. The van der Waals surface area contributed by atoms with E-state index in [2.05, 4.69) is 15.5 Å². The van der Waals surface area contributed by atoms with Crippen LogP contribution in [-0.2, 0) is 11.2 Å². The molecule has 1 aromatic rings. The summed E-state index contributed by atoms with van der Waals surface area (Å²) in [6.45, 7) is 5.34. The predicted octanol–water partition coefficient (Wildman–Crippen LogP) is 0.712. The molecule has 4 N–H and O–H groups in total. The number of hydrogen-bond acceptors (Lipinski definition) is 6. The maximum Gasteiger partial charge on any atom is 0.407 e. The fourth-order valence-corrected chi connectivity index (χ4v) is 1.53.